The summed E-state index contributed by atoms with van der Waals surface area (Å²) < 4.78 is 1.69. The molecule has 6 nitrogen and oxygen atoms in total. The second-order valence-corrected chi connectivity index (χ2v) is 5.90. The third-order valence-electron chi connectivity index (χ3n) is 4.09. The Labute approximate surface area is 156 Å². The fraction of sp³-hybridized carbons (Fsp3) is 0.0476. The zero-order valence-corrected chi connectivity index (χ0v) is 14.5. The zero-order chi connectivity index (χ0) is 18.5. The Bertz CT molecular complexity index is 1030. The fourth-order valence-electron chi connectivity index (χ4n) is 2.80. The molecule has 0 fully saturated rings. The van der Waals surface area contributed by atoms with E-state index in [1.165, 1.54) is 0 Å². The first-order valence-corrected chi connectivity index (χ1v) is 8.57. The molecule has 6 heteroatoms. The Morgan fingerprint density at radius 2 is 1.59 bits per heavy atom. The van der Waals surface area contributed by atoms with E-state index in [9.17, 15) is 4.79 Å². The third kappa shape index (κ3) is 3.59. The summed E-state index contributed by atoms with van der Waals surface area (Å²) in [5.74, 6) is -0.290. The predicted molar refractivity (Wildman–Crippen MR) is 102 cm³/mol. The number of rotatable bonds is 5. The number of benzene rings is 2. The molecular weight excluding hydrogens is 338 g/mol. The van der Waals surface area contributed by atoms with Gasteiger partial charge in [-0.1, -0.05) is 59.8 Å². The van der Waals surface area contributed by atoms with Crippen LogP contribution in [0.25, 0.3) is 16.9 Å². The van der Waals surface area contributed by atoms with Crippen molar-refractivity contribution in [3.63, 3.8) is 0 Å². The first-order valence-electron chi connectivity index (χ1n) is 8.57. The molecular formula is C21H17N5O. The molecule has 2 aromatic heterocycles. The average molecular weight is 355 g/mol. The molecule has 0 bridgehead atoms. The second-order valence-electron chi connectivity index (χ2n) is 5.90. The van der Waals surface area contributed by atoms with E-state index in [0.29, 0.717) is 12.2 Å². The van der Waals surface area contributed by atoms with Crippen LogP contribution in [0.1, 0.15) is 16.2 Å². The van der Waals surface area contributed by atoms with Crippen LogP contribution in [0.3, 0.4) is 0 Å². The van der Waals surface area contributed by atoms with Gasteiger partial charge in [0.1, 0.15) is 5.69 Å². The van der Waals surface area contributed by atoms with Gasteiger partial charge in [-0.05, 0) is 24.3 Å². The third-order valence-corrected chi connectivity index (χ3v) is 4.09. The van der Waals surface area contributed by atoms with E-state index in [0.717, 1.165) is 16.9 Å². The van der Waals surface area contributed by atoms with Gasteiger partial charge in [0.05, 0.1) is 17.9 Å². The van der Waals surface area contributed by atoms with Crippen LogP contribution in [0.5, 0.6) is 0 Å². The summed E-state index contributed by atoms with van der Waals surface area (Å²) in [6, 6.07) is 24.9. The standard InChI is InChI=1S/C21H17N5O/c27-21(23-15-17-11-7-8-14-22-17)19-20(16-9-3-1-4-10-16)26(25-24-19)18-12-5-2-6-13-18/h1-14H,15H2,(H,23,27). The maximum absolute atomic E-state index is 12.8. The number of carbonyl (C=O) groups is 1. The molecule has 1 N–H and O–H groups in total. The van der Waals surface area contributed by atoms with E-state index in [2.05, 4.69) is 20.6 Å². The van der Waals surface area contributed by atoms with Gasteiger partial charge in [0.2, 0.25) is 0 Å². The number of nitrogens with zero attached hydrogens (tertiary/aromatic N) is 4. The lowest BCUT2D eigenvalue weighted by molar-refractivity contribution is 0.0946. The van der Waals surface area contributed by atoms with Gasteiger partial charge in [0.15, 0.2) is 5.69 Å². The van der Waals surface area contributed by atoms with Crippen LogP contribution in [0.4, 0.5) is 0 Å². The lowest BCUT2D eigenvalue weighted by atomic mass is 10.1. The van der Waals surface area contributed by atoms with Crippen molar-refractivity contribution >= 4 is 5.91 Å². The number of para-hydroxylation sites is 1. The summed E-state index contributed by atoms with van der Waals surface area (Å²) in [6.45, 7) is 0.325. The molecule has 0 aliphatic heterocycles. The molecule has 2 heterocycles. The van der Waals surface area contributed by atoms with Gasteiger partial charge in [-0.15, -0.1) is 5.10 Å². The molecule has 132 valence electrons. The maximum atomic E-state index is 12.8. The number of hydrogen-bond acceptors (Lipinski definition) is 4. The van der Waals surface area contributed by atoms with Gasteiger partial charge in [0, 0.05) is 11.8 Å². The highest BCUT2D eigenvalue weighted by Gasteiger charge is 2.21. The number of hydrogen-bond donors (Lipinski definition) is 1. The number of carbonyl (C=O) groups excluding carboxylic acids is 1. The minimum absolute atomic E-state index is 0.279. The van der Waals surface area contributed by atoms with Crippen LogP contribution in [0, 0.1) is 0 Å². The molecule has 0 unspecified atom stereocenters. The first kappa shape index (κ1) is 16.7. The maximum Gasteiger partial charge on any atom is 0.274 e. The Hall–Kier alpha value is -3.80. The van der Waals surface area contributed by atoms with Gasteiger partial charge in [-0.25, -0.2) is 4.68 Å². The molecule has 0 saturated carbocycles. The quantitative estimate of drug-likeness (QED) is 0.596. The molecule has 0 spiro atoms. The minimum atomic E-state index is -0.290. The van der Waals surface area contributed by atoms with E-state index >= 15 is 0 Å². The van der Waals surface area contributed by atoms with Crippen LogP contribution in [0.15, 0.2) is 85.1 Å². The van der Waals surface area contributed by atoms with Gasteiger partial charge in [-0.3, -0.25) is 9.78 Å². The summed E-state index contributed by atoms with van der Waals surface area (Å²) in [5, 5.41) is 11.3. The van der Waals surface area contributed by atoms with Gasteiger partial charge in [-0.2, -0.15) is 0 Å². The van der Waals surface area contributed by atoms with Crippen molar-refractivity contribution in [1.29, 1.82) is 0 Å². The summed E-state index contributed by atoms with van der Waals surface area (Å²) in [4.78, 5) is 17.0. The van der Waals surface area contributed by atoms with Crippen molar-refractivity contribution in [3.05, 3.63) is 96.4 Å². The molecule has 2 aromatic carbocycles. The normalized spacial score (nSPS) is 10.5. The first-order chi connectivity index (χ1) is 13.3. The summed E-state index contributed by atoms with van der Waals surface area (Å²) in [6.07, 6.45) is 1.70. The van der Waals surface area contributed by atoms with Crippen molar-refractivity contribution in [3.8, 4) is 16.9 Å². The van der Waals surface area contributed by atoms with Crippen LogP contribution in [-0.2, 0) is 6.54 Å². The summed E-state index contributed by atoms with van der Waals surface area (Å²) in [5.41, 5.74) is 3.42. The fourth-order valence-corrected chi connectivity index (χ4v) is 2.80. The second kappa shape index (κ2) is 7.61. The molecule has 0 saturated heterocycles. The number of nitrogens with one attached hydrogen (secondary N) is 1. The van der Waals surface area contributed by atoms with Gasteiger partial charge in [0.25, 0.3) is 5.91 Å². The van der Waals surface area contributed by atoms with Crippen molar-refractivity contribution < 1.29 is 4.79 Å². The Morgan fingerprint density at radius 1 is 0.889 bits per heavy atom. The Balaban J connectivity index is 1.70. The topological polar surface area (TPSA) is 72.7 Å². The lowest BCUT2D eigenvalue weighted by Crippen LogP contribution is -2.24. The predicted octanol–water partition coefficient (Wildman–Crippen LogP) is 3.26. The van der Waals surface area contributed by atoms with E-state index in [1.807, 2.05) is 78.9 Å². The highest BCUT2D eigenvalue weighted by molar-refractivity contribution is 5.98. The van der Waals surface area contributed by atoms with E-state index in [1.54, 1.807) is 10.9 Å². The molecule has 0 aliphatic carbocycles. The van der Waals surface area contributed by atoms with Crippen LogP contribution in [-0.4, -0.2) is 25.9 Å². The highest BCUT2D eigenvalue weighted by Crippen LogP contribution is 2.25. The van der Waals surface area contributed by atoms with Crippen molar-refractivity contribution in [2.45, 2.75) is 6.54 Å². The number of pyridine rings is 1. The largest absolute Gasteiger partial charge is 0.345 e. The number of amides is 1. The number of aromatic nitrogens is 4. The van der Waals surface area contributed by atoms with Crippen molar-refractivity contribution in [2.75, 3.05) is 0 Å². The molecule has 4 aromatic rings. The smallest absolute Gasteiger partial charge is 0.274 e. The summed E-state index contributed by atoms with van der Waals surface area (Å²) >= 11 is 0. The minimum Gasteiger partial charge on any atom is -0.345 e. The highest BCUT2D eigenvalue weighted by atomic mass is 16.2. The molecule has 1 amide bonds. The average Bonchev–Trinajstić information content (AvgIpc) is 3.19. The Kier molecular flexibility index (Phi) is 4.70. The molecule has 0 atom stereocenters. The Morgan fingerprint density at radius 3 is 2.30 bits per heavy atom. The SMILES string of the molecule is O=C(NCc1ccccn1)c1nnn(-c2ccccc2)c1-c1ccccc1. The van der Waals surface area contributed by atoms with Gasteiger partial charge < -0.3 is 5.32 Å². The molecule has 0 aliphatic rings. The van der Waals surface area contributed by atoms with Crippen molar-refractivity contribution in [2.24, 2.45) is 0 Å². The van der Waals surface area contributed by atoms with Crippen LogP contribution >= 0.6 is 0 Å². The van der Waals surface area contributed by atoms with E-state index in [-0.39, 0.29) is 11.6 Å². The van der Waals surface area contributed by atoms with E-state index < -0.39 is 0 Å². The van der Waals surface area contributed by atoms with Crippen LogP contribution < -0.4 is 5.32 Å². The summed E-state index contributed by atoms with van der Waals surface area (Å²) in [7, 11) is 0. The molecule has 0 radical (unpaired) electrons. The van der Waals surface area contributed by atoms with Crippen molar-refractivity contribution in [1.82, 2.24) is 25.3 Å². The monoisotopic (exact) mass is 355 g/mol. The van der Waals surface area contributed by atoms with Gasteiger partial charge >= 0.3 is 0 Å². The van der Waals surface area contributed by atoms with E-state index in [4.69, 9.17) is 0 Å². The molecule has 27 heavy (non-hydrogen) atoms. The lowest BCUT2D eigenvalue weighted by Gasteiger charge is -2.09. The zero-order valence-electron chi connectivity index (χ0n) is 14.5. The molecule has 4 rings (SSSR count). The van der Waals surface area contributed by atoms with Crippen LogP contribution in [0.2, 0.25) is 0 Å².